The fraction of sp³-hybridized carbons (Fsp3) is 0.409. The van der Waals surface area contributed by atoms with Crippen molar-refractivity contribution in [3.8, 4) is 5.75 Å². The molecule has 3 rings (SSSR count). The predicted octanol–water partition coefficient (Wildman–Crippen LogP) is 3.98. The van der Waals surface area contributed by atoms with E-state index in [1.54, 1.807) is 12.1 Å². The molecule has 6 heteroatoms. The van der Waals surface area contributed by atoms with E-state index in [-0.39, 0.29) is 18.2 Å². The lowest BCUT2D eigenvalue weighted by Gasteiger charge is -2.32. The maximum Gasteiger partial charge on any atom is 0.220 e. The second kappa shape index (κ2) is 9.64. The highest BCUT2D eigenvalue weighted by atomic mass is 19.2. The molecular weight excluding hydrogens is 362 g/mol. The number of nitrogens with zero attached hydrogens (tertiary/aromatic N) is 1. The molecule has 0 aliphatic carbocycles. The van der Waals surface area contributed by atoms with Gasteiger partial charge in [-0.15, -0.1) is 0 Å². The Hall–Kier alpha value is -2.47. The number of carbonyl (C=O) groups is 1. The van der Waals surface area contributed by atoms with Crippen molar-refractivity contribution < 1.29 is 18.7 Å². The van der Waals surface area contributed by atoms with Crippen LogP contribution in [0.3, 0.4) is 0 Å². The molecule has 0 radical (unpaired) electrons. The molecular formula is C22H26F2N2O2. The summed E-state index contributed by atoms with van der Waals surface area (Å²) in [6.07, 6.45) is 3.43. The molecule has 0 spiro atoms. The minimum atomic E-state index is -0.902. The average Bonchev–Trinajstić information content (AvgIpc) is 2.67. The Kier molecular flexibility index (Phi) is 6.98. The van der Waals surface area contributed by atoms with Gasteiger partial charge >= 0.3 is 0 Å². The van der Waals surface area contributed by atoms with E-state index < -0.39 is 11.6 Å². The van der Waals surface area contributed by atoms with Crippen molar-refractivity contribution in [2.45, 2.75) is 38.8 Å². The van der Waals surface area contributed by atoms with Crippen molar-refractivity contribution in [1.82, 2.24) is 10.2 Å². The summed E-state index contributed by atoms with van der Waals surface area (Å²) in [5, 5.41) is 12.4. The van der Waals surface area contributed by atoms with Crippen LogP contribution in [0.4, 0.5) is 8.78 Å². The van der Waals surface area contributed by atoms with Gasteiger partial charge in [-0.05, 0) is 67.1 Å². The van der Waals surface area contributed by atoms with Crippen LogP contribution in [-0.4, -0.2) is 29.0 Å². The summed E-state index contributed by atoms with van der Waals surface area (Å²) in [6.45, 7) is 2.96. The van der Waals surface area contributed by atoms with Gasteiger partial charge in [0.1, 0.15) is 5.75 Å². The van der Waals surface area contributed by atoms with Crippen molar-refractivity contribution in [2.24, 2.45) is 5.92 Å². The number of piperidine rings is 1. The van der Waals surface area contributed by atoms with Crippen molar-refractivity contribution in [3.05, 3.63) is 65.2 Å². The highest BCUT2D eigenvalue weighted by Crippen LogP contribution is 2.23. The van der Waals surface area contributed by atoms with Crippen LogP contribution in [0.15, 0.2) is 42.5 Å². The number of halogens is 2. The zero-order chi connectivity index (χ0) is 19.9. The minimum Gasteiger partial charge on any atom is -0.508 e. The molecule has 1 heterocycles. The van der Waals surface area contributed by atoms with Gasteiger partial charge < -0.3 is 10.4 Å². The fourth-order valence-corrected chi connectivity index (χ4v) is 3.72. The first-order chi connectivity index (χ1) is 13.5. The molecule has 1 saturated heterocycles. The van der Waals surface area contributed by atoms with E-state index >= 15 is 0 Å². The van der Waals surface area contributed by atoms with E-state index in [2.05, 4.69) is 10.2 Å². The molecule has 0 aromatic heterocycles. The normalized spacial score (nSPS) is 17.4. The second-order valence-corrected chi connectivity index (χ2v) is 7.48. The number of hydrogen-bond acceptors (Lipinski definition) is 3. The lowest BCUT2D eigenvalue weighted by molar-refractivity contribution is -0.121. The van der Waals surface area contributed by atoms with E-state index in [4.69, 9.17) is 0 Å². The highest BCUT2D eigenvalue weighted by molar-refractivity contribution is 5.75. The molecule has 2 N–H and O–H groups in total. The van der Waals surface area contributed by atoms with E-state index in [0.29, 0.717) is 17.9 Å². The Labute approximate surface area is 164 Å². The number of hydrogen-bond donors (Lipinski definition) is 2. The van der Waals surface area contributed by atoms with Gasteiger partial charge in [0.05, 0.1) is 0 Å². The molecule has 1 fully saturated rings. The highest BCUT2D eigenvalue weighted by Gasteiger charge is 2.20. The number of rotatable bonds is 7. The third-order valence-electron chi connectivity index (χ3n) is 5.17. The number of carbonyl (C=O) groups excluding carboxylic acids is 1. The first-order valence-corrected chi connectivity index (χ1v) is 9.70. The van der Waals surface area contributed by atoms with Crippen LogP contribution in [0.2, 0.25) is 0 Å². The first kappa shape index (κ1) is 20.3. The molecule has 1 amide bonds. The molecule has 150 valence electrons. The first-order valence-electron chi connectivity index (χ1n) is 9.70. The molecule has 0 unspecified atom stereocenters. The topological polar surface area (TPSA) is 52.6 Å². The molecule has 1 atom stereocenters. The van der Waals surface area contributed by atoms with Crippen LogP contribution in [-0.2, 0) is 17.9 Å². The van der Waals surface area contributed by atoms with Crippen molar-refractivity contribution in [2.75, 3.05) is 13.1 Å². The molecule has 0 saturated carbocycles. The molecule has 4 nitrogen and oxygen atoms in total. The Morgan fingerprint density at radius 2 is 2.00 bits per heavy atom. The monoisotopic (exact) mass is 388 g/mol. The smallest absolute Gasteiger partial charge is 0.220 e. The lowest BCUT2D eigenvalue weighted by atomic mass is 9.93. The largest absolute Gasteiger partial charge is 0.508 e. The number of likely N-dealkylation sites (tertiary alicyclic amines) is 1. The van der Waals surface area contributed by atoms with Crippen molar-refractivity contribution >= 4 is 5.91 Å². The minimum absolute atomic E-state index is 0.0742. The molecule has 1 aliphatic heterocycles. The van der Waals surface area contributed by atoms with Gasteiger partial charge in [0, 0.05) is 26.1 Å². The Bertz CT molecular complexity index is 813. The Morgan fingerprint density at radius 1 is 1.14 bits per heavy atom. The Balaban J connectivity index is 1.41. The van der Waals surface area contributed by atoms with Gasteiger partial charge in [-0.2, -0.15) is 0 Å². The SMILES string of the molecule is O=C(CC[C@@H]1CCCN(Cc2cccc(O)c2)C1)NCc1ccc(F)c(F)c1. The van der Waals surface area contributed by atoms with Crippen molar-refractivity contribution in [3.63, 3.8) is 0 Å². The summed E-state index contributed by atoms with van der Waals surface area (Å²) in [5.74, 6) is -1.12. The predicted molar refractivity (Wildman–Crippen MR) is 104 cm³/mol. The number of amides is 1. The van der Waals surface area contributed by atoms with Gasteiger partial charge in [0.15, 0.2) is 11.6 Å². The zero-order valence-corrected chi connectivity index (χ0v) is 15.8. The van der Waals surface area contributed by atoms with E-state index in [1.807, 2.05) is 12.1 Å². The van der Waals surface area contributed by atoms with E-state index in [9.17, 15) is 18.7 Å². The standard InChI is InChI=1S/C22H26F2N2O2/c23-20-8-6-17(12-21(20)24)13-25-22(28)9-7-16-4-2-10-26(14-16)15-18-3-1-5-19(27)11-18/h1,3,5-6,8,11-12,16,27H,2,4,7,9-10,13-15H2,(H,25,28)/t16-/m0/s1. The van der Waals surface area contributed by atoms with Crippen molar-refractivity contribution in [1.29, 1.82) is 0 Å². The molecule has 1 aliphatic rings. The van der Waals surface area contributed by atoms with Gasteiger partial charge in [-0.1, -0.05) is 18.2 Å². The summed E-state index contributed by atoms with van der Waals surface area (Å²) in [4.78, 5) is 14.5. The van der Waals surface area contributed by atoms with Crippen LogP contribution in [0.1, 0.15) is 36.8 Å². The third kappa shape index (κ3) is 6.02. The molecule has 2 aromatic carbocycles. The lowest BCUT2D eigenvalue weighted by Crippen LogP contribution is -2.35. The summed E-state index contributed by atoms with van der Waals surface area (Å²) < 4.78 is 26.1. The fourth-order valence-electron chi connectivity index (χ4n) is 3.72. The zero-order valence-electron chi connectivity index (χ0n) is 15.8. The number of nitrogens with one attached hydrogen (secondary N) is 1. The van der Waals surface area contributed by atoms with Crippen LogP contribution < -0.4 is 5.32 Å². The maximum atomic E-state index is 13.2. The average molecular weight is 388 g/mol. The van der Waals surface area contributed by atoms with Gasteiger partial charge in [-0.25, -0.2) is 8.78 Å². The maximum absolute atomic E-state index is 13.2. The van der Waals surface area contributed by atoms with Crippen LogP contribution in [0.25, 0.3) is 0 Å². The number of phenols is 1. The number of aromatic hydroxyl groups is 1. The van der Waals surface area contributed by atoms with E-state index in [1.165, 1.54) is 6.07 Å². The molecule has 0 bridgehead atoms. The van der Waals surface area contributed by atoms with Crippen LogP contribution in [0, 0.1) is 17.6 Å². The van der Waals surface area contributed by atoms with Gasteiger partial charge in [-0.3, -0.25) is 9.69 Å². The molecule has 28 heavy (non-hydrogen) atoms. The Morgan fingerprint density at radius 3 is 2.79 bits per heavy atom. The molecule has 2 aromatic rings. The third-order valence-corrected chi connectivity index (χ3v) is 5.17. The summed E-state index contributed by atoms with van der Waals surface area (Å²) in [6, 6.07) is 11.0. The number of benzene rings is 2. The second-order valence-electron chi connectivity index (χ2n) is 7.48. The van der Waals surface area contributed by atoms with E-state index in [0.717, 1.165) is 56.6 Å². The number of phenolic OH excluding ortho intramolecular Hbond substituents is 1. The summed E-state index contributed by atoms with van der Waals surface area (Å²) in [7, 11) is 0. The van der Waals surface area contributed by atoms with Gasteiger partial charge in [0.25, 0.3) is 0 Å². The summed E-state index contributed by atoms with van der Waals surface area (Å²) >= 11 is 0. The quantitative estimate of drug-likeness (QED) is 0.754. The van der Waals surface area contributed by atoms with Crippen LogP contribution >= 0.6 is 0 Å². The van der Waals surface area contributed by atoms with Crippen LogP contribution in [0.5, 0.6) is 5.75 Å². The summed E-state index contributed by atoms with van der Waals surface area (Å²) in [5.41, 5.74) is 1.63. The van der Waals surface area contributed by atoms with Gasteiger partial charge in [0.2, 0.25) is 5.91 Å².